The van der Waals surface area contributed by atoms with E-state index in [2.05, 4.69) is 36.9 Å². The number of hydrogen-bond acceptors (Lipinski definition) is 2. The normalized spacial score (nSPS) is 26.7. The van der Waals surface area contributed by atoms with E-state index in [-0.39, 0.29) is 5.78 Å². The maximum Gasteiger partial charge on any atom is 0.191 e. The van der Waals surface area contributed by atoms with Crippen LogP contribution in [-0.4, -0.2) is 11.4 Å². The van der Waals surface area contributed by atoms with Crippen LogP contribution in [-0.2, 0) is 16.0 Å². The summed E-state index contributed by atoms with van der Waals surface area (Å²) in [6.07, 6.45) is 11.2. The van der Waals surface area contributed by atoms with Gasteiger partial charge in [-0.15, -0.1) is 0 Å². The van der Waals surface area contributed by atoms with Crippen LogP contribution in [0.5, 0.6) is 0 Å². The maximum absolute atomic E-state index is 12.9. The lowest BCUT2D eigenvalue weighted by Crippen LogP contribution is -2.44. The number of benzene rings is 1. The van der Waals surface area contributed by atoms with E-state index in [1.807, 2.05) is 6.08 Å². The monoisotopic (exact) mass is 320 g/mol. The largest absolute Gasteiger partial charge is 0.479 e. The van der Waals surface area contributed by atoms with Crippen molar-refractivity contribution in [3.05, 3.63) is 65.5 Å². The Balaban J connectivity index is 1.79. The number of aryl methyl sites for hydroxylation is 1. The molecule has 24 heavy (non-hydrogen) atoms. The molecular formula is C22H24O2. The second-order valence-electron chi connectivity index (χ2n) is 7.02. The average molecular weight is 320 g/mol. The number of ether oxygens (including phenoxy) is 1. The summed E-state index contributed by atoms with van der Waals surface area (Å²) in [7, 11) is 0. The first-order valence-electron chi connectivity index (χ1n) is 9.10. The molecule has 4 rings (SSSR count). The van der Waals surface area contributed by atoms with Gasteiger partial charge in [0, 0.05) is 19.3 Å². The van der Waals surface area contributed by atoms with Crippen LogP contribution in [0.2, 0.25) is 0 Å². The van der Waals surface area contributed by atoms with Crippen LogP contribution in [0.15, 0.2) is 54.3 Å². The Morgan fingerprint density at radius 2 is 1.96 bits per heavy atom. The SMILES string of the molecule is C=CC1=CCCCC(=O)C12CCC1=C(CCCc3ccccc31)O2. The van der Waals surface area contributed by atoms with Gasteiger partial charge in [0.1, 0.15) is 5.76 Å². The van der Waals surface area contributed by atoms with Crippen LogP contribution in [0.1, 0.15) is 56.1 Å². The third kappa shape index (κ3) is 2.36. The van der Waals surface area contributed by atoms with Crippen molar-refractivity contribution in [1.29, 1.82) is 0 Å². The van der Waals surface area contributed by atoms with E-state index in [0.29, 0.717) is 6.42 Å². The predicted octanol–water partition coefficient (Wildman–Crippen LogP) is 5.15. The third-order valence-corrected chi connectivity index (χ3v) is 5.66. The van der Waals surface area contributed by atoms with Gasteiger partial charge in [0.2, 0.25) is 0 Å². The topological polar surface area (TPSA) is 26.3 Å². The zero-order chi connectivity index (χ0) is 16.6. The third-order valence-electron chi connectivity index (χ3n) is 5.66. The van der Waals surface area contributed by atoms with E-state index in [4.69, 9.17) is 4.74 Å². The smallest absolute Gasteiger partial charge is 0.191 e. The molecule has 1 heterocycles. The lowest BCUT2D eigenvalue weighted by molar-refractivity contribution is -0.136. The lowest BCUT2D eigenvalue weighted by atomic mass is 9.79. The number of Topliss-reactive ketones (excluding diaryl/α,β-unsaturated/α-hetero) is 1. The Morgan fingerprint density at radius 1 is 1.08 bits per heavy atom. The number of allylic oxidation sites excluding steroid dienone is 3. The summed E-state index contributed by atoms with van der Waals surface area (Å²) in [5.74, 6) is 1.27. The Bertz CT molecular complexity index is 753. The van der Waals surface area contributed by atoms with E-state index < -0.39 is 5.60 Å². The first kappa shape index (κ1) is 15.4. The van der Waals surface area contributed by atoms with Gasteiger partial charge in [-0.1, -0.05) is 43.0 Å². The fraction of sp³-hybridized carbons (Fsp3) is 0.409. The van der Waals surface area contributed by atoms with Crippen molar-refractivity contribution < 1.29 is 9.53 Å². The van der Waals surface area contributed by atoms with Gasteiger partial charge in [-0.3, -0.25) is 4.79 Å². The highest BCUT2D eigenvalue weighted by Gasteiger charge is 2.46. The van der Waals surface area contributed by atoms with Crippen LogP contribution in [0.3, 0.4) is 0 Å². The minimum Gasteiger partial charge on any atom is -0.479 e. The first-order chi connectivity index (χ1) is 11.7. The number of rotatable bonds is 1. The summed E-state index contributed by atoms with van der Waals surface area (Å²) in [6.45, 7) is 3.95. The predicted molar refractivity (Wildman–Crippen MR) is 96.5 cm³/mol. The zero-order valence-corrected chi connectivity index (χ0v) is 14.1. The molecule has 1 spiro atoms. The molecule has 1 aromatic carbocycles. The van der Waals surface area contributed by atoms with Crippen molar-refractivity contribution in [3.63, 3.8) is 0 Å². The van der Waals surface area contributed by atoms with Crippen LogP contribution >= 0.6 is 0 Å². The number of carbonyl (C=O) groups excluding carboxylic acids is 1. The lowest BCUT2D eigenvalue weighted by Gasteiger charge is -2.39. The molecule has 2 nitrogen and oxygen atoms in total. The summed E-state index contributed by atoms with van der Waals surface area (Å²) in [5.41, 5.74) is 4.25. The molecule has 0 aromatic heterocycles. The molecule has 3 aliphatic rings. The number of ketones is 1. The summed E-state index contributed by atoms with van der Waals surface area (Å²) in [5, 5.41) is 0. The van der Waals surface area contributed by atoms with Crippen LogP contribution in [0, 0.1) is 0 Å². The molecule has 0 fully saturated rings. The zero-order valence-electron chi connectivity index (χ0n) is 14.1. The average Bonchev–Trinajstić information content (AvgIpc) is 2.88. The van der Waals surface area contributed by atoms with Crippen molar-refractivity contribution in [3.8, 4) is 0 Å². The van der Waals surface area contributed by atoms with Gasteiger partial charge in [-0.2, -0.15) is 0 Å². The summed E-state index contributed by atoms with van der Waals surface area (Å²) < 4.78 is 6.54. The highest BCUT2D eigenvalue weighted by molar-refractivity contribution is 5.93. The van der Waals surface area contributed by atoms with E-state index >= 15 is 0 Å². The molecule has 1 atom stereocenters. The highest BCUT2D eigenvalue weighted by Crippen LogP contribution is 2.46. The molecule has 2 aliphatic carbocycles. The molecule has 0 N–H and O–H groups in total. The van der Waals surface area contributed by atoms with Crippen molar-refractivity contribution in [1.82, 2.24) is 0 Å². The van der Waals surface area contributed by atoms with Gasteiger partial charge in [0.25, 0.3) is 0 Å². The number of carbonyl (C=O) groups is 1. The van der Waals surface area contributed by atoms with Gasteiger partial charge in [-0.25, -0.2) is 0 Å². The fourth-order valence-electron chi connectivity index (χ4n) is 4.42. The van der Waals surface area contributed by atoms with Gasteiger partial charge < -0.3 is 4.74 Å². The molecular weight excluding hydrogens is 296 g/mol. The molecule has 2 heteroatoms. The maximum atomic E-state index is 12.9. The number of fused-ring (bicyclic) bond motifs is 2. The second kappa shape index (κ2) is 6.08. The Labute approximate surface area is 143 Å². The Kier molecular flexibility index (Phi) is 3.91. The van der Waals surface area contributed by atoms with Crippen molar-refractivity contribution in [2.24, 2.45) is 0 Å². The molecule has 1 aliphatic heterocycles. The fourth-order valence-corrected chi connectivity index (χ4v) is 4.42. The number of hydrogen-bond donors (Lipinski definition) is 0. The van der Waals surface area contributed by atoms with Crippen molar-refractivity contribution >= 4 is 11.4 Å². The molecule has 0 saturated heterocycles. The van der Waals surface area contributed by atoms with Crippen LogP contribution < -0.4 is 0 Å². The van der Waals surface area contributed by atoms with Crippen molar-refractivity contribution in [2.45, 2.75) is 57.0 Å². The Hall–Kier alpha value is -2.09. The molecule has 124 valence electrons. The molecule has 0 amide bonds. The van der Waals surface area contributed by atoms with Gasteiger partial charge in [0.15, 0.2) is 11.4 Å². The summed E-state index contributed by atoms with van der Waals surface area (Å²) >= 11 is 0. The minimum atomic E-state index is -0.781. The Morgan fingerprint density at radius 3 is 2.83 bits per heavy atom. The minimum absolute atomic E-state index is 0.232. The van der Waals surface area contributed by atoms with Crippen LogP contribution in [0.4, 0.5) is 0 Å². The van der Waals surface area contributed by atoms with E-state index in [9.17, 15) is 4.79 Å². The first-order valence-corrected chi connectivity index (χ1v) is 9.10. The van der Waals surface area contributed by atoms with Crippen LogP contribution in [0.25, 0.3) is 5.57 Å². The van der Waals surface area contributed by atoms with E-state index in [1.54, 1.807) is 0 Å². The molecule has 0 bridgehead atoms. The molecule has 1 unspecified atom stereocenters. The molecule has 1 aromatic rings. The van der Waals surface area contributed by atoms with Gasteiger partial charge in [0.05, 0.1) is 0 Å². The van der Waals surface area contributed by atoms with Crippen molar-refractivity contribution in [2.75, 3.05) is 0 Å². The quantitative estimate of drug-likeness (QED) is 0.715. The summed E-state index contributed by atoms with van der Waals surface area (Å²) in [4.78, 5) is 12.9. The van der Waals surface area contributed by atoms with Gasteiger partial charge in [-0.05, 0) is 54.4 Å². The van der Waals surface area contributed by atoms with E-state index in [0.717, 1.165) is 56.3 Å². The van der Waals surface area contributed by atoms with Gasteiger partial charge >= 0.3 is 0 Å². The molecule has 0 radical (unpaired) electrons. The second-order valence-corrected chi connectivity index (χ2v) is 7.02. The summed E-state index contributed by atoms with van der Waals surface area (Å²) in [6, 6.07) is 8.64. The standard InChI is InChI=1S/C22H24O2/c1-2-17-10-4-6-13-21(23)22(17)15-14-19-18-11-5-3-8-16(18)9-7-12-20(19)24-22/h2-3,5,8,10-11H,1,4,6-7,9,12-15H2. The van der Waals surface area contributed by atoms with E-state index in [1.165, 1.54) is 16.7 Å². The highest BCUT2D eigenvalue weighted by atomic mass is 16.5. The molecule has 0 saturated carbocycles.